The molecule has 0 saturated heterocycles. The van der Waals surface area contributed by atoms with E-state index < -0.39 is 0 Å². The number of hydrogen-bond acceptors (Lipinski definition) is 3. The molecule has 4 heteroatoms. The molecule has 0 atom stereocenters. The number of hydrogen-bond donors (Lipinski definition) is 1. The van der Waals surface area contributed by atoms with Crippen molar-refractivity contribution in [2.45, 2.75) is 20.3 Å². The number of carbonyl (C=O) groups is 2. The topological polar surface area (TPSA) is 55.4 Å². The summed E-state index contributed by atoms with van der Waals surface area (Å²) >= 11 is 0. The number of amides is 1. The monoisotopic (exact) mass is 163 g/mol. The third kappa shape index (κ3) is 17.6. The minimum absolute atomic E-state index is 0. The minimum atomic E-state index is -0.157. The second-order valence-corrected chi connectivity index (χ2v) is 1.74. The van der Waals surface area contributed by atoms with Crippen LogP contribution in [0.4, 0.5) is 0 Å². The van der Waals surface area contributed by atoms with Crippen molar-refractivity contribution in [3.05, 3.63) is 0 Å². The molecule has 1 N–H and O–H groups in total. The maximum Gasteiger partial charge on any atom is 0.305 e. The summed E-state index contributed by atoms with van der Waals surface area (Å²) in [6.07, 6.45) is 0.469. The first-order valence-corrected chi connectivity index (χ1v) is 3.33. The smallest absolute Gasteiger partial charge is 0.305 e. The molecular formula is C7H17NO3. The lowest BCUT2D eigenvalue weighted by Crippen LogP contribution is -2.11. The van der Waals surface area contributed by atoms with Crippen molar-refractivity contribution in [3.8, 4) is 0 Å². The zero-order chi connectivity index (χ0) is 9.28. The summed E-state index contributed by atoms with van der Waals surface area (Å²) < 4.78 is 4.26. The van der Waals surface area contributed by atoms with E-state index in [1.54, 1.807) is 14.0 Å². The van der Waals surface area contributed by atoms with Crippen molar-refractivity contribution >= 4 is 11.9 Å². The molecule has 4 nitrogen and oxygen atoms in total. The molecule has 0 heterocycles. The van der Waals surface area contributed by atoms with Gasteiger partial charge < -0.3 is 10.1 Å². The number of carbonyl (C=O) groups excluding carboxylic acids is 2. The van der Waals surface area contributed by atoms with Gasteiger partial charge in [0.2, 0.25) is 5.91 Å². The van der Waals surface area contributed by atoms with Gasteiger partial charge in [0.05, 0.1) is 7.11 Å². The summed E-state index contributed by atoms with van der Waals surface area (Å²) in [5, 5.41) is 2.39. The van der Waals surface area contributed by atoms with Crippen molar-refractivity contribution in [2.75, 3.05) is 14.2 Å². The Morgan fingerprint density at radius 1 is 1.55 bits per heavy atom. The first-order chi connectivity index (χ1) is 5.08. The summed E-state index contributed by atoms with van der Waals surface area (Å²) in [6.45, 7) is 3.23. The zero-order valence-corrected chi connectivity index (χ0v) is 7.43. The van der Waals surface area contributed by atoms with Crippen molar-refractivity contribution in [1.29, 1.82) is 0 Å². The van der Waals surface area contributed by atoms with E-state index in [2.05, 4.69) is 10.1 Å². The van der Waals surface area contributed by atoms with Crippen LogP contribution in [0.25, 0.3) is 0 Å². The highest BCUT2D eigenvalue weighted by Crippen LogP contribution is 1.76. The molecule has 0 aliphatic heterocycles. The molecule has 1 amide bonds. The number of rotatable bonds is 1. The van der Waals surface area contributed by atoms with Crippen LogP contribution in [-0.4, -0.2) is 26.0 Å². The van der Waals surface area contributed by atoms with Gasteiger partial charge in [0, 0.05) is 21.8 Å². The van der Waals surface area contributed by atoms with Crippen LogP contribution in [0.2, 0.25) is 0 Å². The standard InChI is InChI=1S/C4H8O2.C3H7NO.H2/c1-3-4(5)6-2;1-3(5)4-2;/h3H2,1-2H3;1-2H3,(H,4,5);1H. The fraction of sp³-hybridized carbons (Fsp3) is 0.714. The maximum atomic E-state index is 9.96. The Hall–Kier alpha value is -1.06. The van der Waals surface area contributed by atoms with Crippen LogP contribution in [0.1, 0.15) is 21.7 Å². The predicted octanol–water partition coefficient (Wildman–Crippen LogP) is 0.568. The van der Waals surface area contributed by atoms with Gasteiger partial charge in [0.15, 0.2) is 0 Å². The van der Waals surface area contributed by atoms with Gasteiger partial charge in [-0.1, -0.05) is 6.92 Å². The fourth-order valence-electron chi connectivity index (χ4n) is 0.144. The predicted molar refractivity (Wildman–Crippen MR) is 44.2 cm³/mol. The van der Waals surface area contributed by atoms with Crippen LogP contribution in [-0.2, 0) is 14.3 Å². The lowest BCUT2D eigenvalue weighted by molar-refractivity contribution is -0.140. The molecule has 0 radical (unpaired) electrons. The van der Waals surface area contributed by atoms with Gasteiger partial charge in [-0.3, -0.25) is 9.59 Å². The molecule has 11 heavy (non-hydrogen) atoms. The third-order valence-electron chi connectivity index (χ3n) is 0.868. The summed E-state index contributed by atoms with van der Waals surface area (Å²) in [4.78, 5) is 19.7. The van der Waals surface area contributed by atoms with Gasteiger partial charge >= 0.3 is 5.97 Å². The highest BCUT2D eigenvalue weighted by molar-refractivity contribution is 5.72. The van der Waals surface area contributed by atoms with E-state index in [-0.39, 0.29) is 13.3 Å². The molecule has 0 spiro atoms. The molecule has 0 aromatic rings. The first-order valence-electron chi connectivity index (χ1n) is 3.33. The molecular weight excluding hydrogens is 146 g/mol. The Bertz CT molecular complexity index is 122. The molecule has 0 rings (SSSR count). The molecule has 0 aromatic heterocycles. The van der Waals surface area contributed by atoms with Gasteiger partial charge in [0.1, 0.15) is 0 Å². The molecule has 0 fully saturated rings. The largest absolute Gasteiger partial charge is 0.469 e. The summed E-state index contributed by atoms with van der Waals surface area (Å²) in [5.41, 5.74) is 0. The lowest BCUT2D eigenvalue weighted by Gasteiger charge is -1.87. The van der Waals surface area contributed by atoms with Crippen LogP contribution >= 0.6 is 0 Å². The molecule has 0 aliphatic carbocycles. The van der Waals surface area contributed by atoms with Crippen molar-refractivity contribution < 1.29 is 15.8 Å². The summed E-state index contributed by atoms with van der Waals surface area (Å²) in [7, 11) is 2.98. The van der Waals surface area contributed by atoms with Gasteiger partial charge in [-0.2, -0.15) is 0 Å². The normalized spacial score (nSPS) is 7.27. The highest BCUT2D eigenvalue weighted by atomic mass is 16.5. The van der Waals surface area contributed by atoms with Crippen LogP contribution in [0, 0.1) is 0 Å². The molecule has 0 unspecified atom stereocenters. The van der Waals surface area contributed by atoms with Crippen LogP contribution in [0.5, 0.6) is 0 Å². The van der Waals surface area contributed by atoms with E-state index in [0.717, 1.165) is 0 Å². The number of esters is 1. The van der Waals surface area contributed by atoms with E-state index >= 15 is 0 Å². The molecule has 0 bridgehead atoms. The maximum absolute atomic E-state index is 9.96. The molecule has 0 saturated carbocycles. The summed E-state index contributed by atoms with van der Waals surface area (Å²) in [5.74, 6) is -0.153. The Morgan fingerprint density at radius 2 is 1.91 bits per heavy atom. The Kier molecular flexibility index (Phi) is 10.2. The average molecular weight is 163 g/mol. The van der Waals surface area contributed by atoms with Gasteiger partial charge in [-0.05, 0) is 0 Å². The molecule has 68 valence electrons. The molecule has 0 aliphatic rings. The van der Waals surface area contributed by atoms with Gasteiger partial charge in [-0.25, -0.2) is 0 Å². The van der Waals surface area contributed by atoms with Crippen LogP contribution in [0.3, 0.4) is 0 Å². The first kappa shape index (κ1) is 12.6. The lowest BCUT2D eigenvalue weighted by atomic mass is 10.5. The van der Waals surface area contributed by atoms with Crippen molar-refractivity contribution in [3.63, 3.8) is 0 Å². The Morgan fingerprint density at radius 3 is 1.91 bits per heavy atom. The zero-order valence-electron chi connectivity index (χ0n) is 7.43. The number of nitrogens with one attached hydrogen (secondary N) is 1. The van der Waals surface area contributed by atoms with Crippen molar-refractivity contribution in [2.24, 2.45) is 0 Å². The van der Waals surface area contributed by atoms with Gasteiger partial charge in [0.25, 0.3) is 0 Å². The van der Waals surface area contributed by atoms with E-state index in [1.807, 2.05) is 0 Å². The van der Waals surface area contributed by atoms with E-state index in [9.17, 15) is 9.59 Å². The van der Waals surface area contributed by atoms with E-state index in [1.165, 1.54) is 14.0 Å². The van der Waals surface area contributed by atoms with Gasteiger partial charge in [-0.15, -0.1) is 0 Å². The van der Waals surface area contributed by atoms with E-state index in [4.69, 9.17) is 0 Å². The van der Waals surface area contributed by atoms with Crippen molar-refractivity contribution in [1.82, 2.24) is 5.32 Å². The Labute approximate surface area is 68.4 Å². The number of ether oxygens (including phenoxy) is 1. The SMILES string of the molecule is CCC(=O)OC.CNC(C)=O.[HH]. The fourth-order valence-corrected chi connectivity index (χ4v) is 0.144. The van der Waals surface area contributed by atoms with Crippen LogP contribution in [0.15, 0.2) is 0 Å². The Balaban J connectivity index is -0.000000126. The second-order valence-electron chi connectivity index (χ2n) is 1.74. The summed E-state index contributed by atoms with van der Waals surface area (Å²) in [6, 6.07) is 0. The molecule has 0 aromatic carbocycles. The minimum Gasteiger partial charge on any atom is -0.469 e. The van der Waals surface area contributed by atoms with Crippen LogP contribution < -0.4 is 5.32 Å². The third-order valence-corrected chi connectivity index (χ3v) is 0.868. The van der Waals surface area contributed by atoms with E-state index in [0.29, 0.717) is 6.42 Å². The number of methoxy groups -OCH3 is 1. The quantitative estimate of drug-likeness (QED) is 0.575. The highest BCUT2D eigenvalue weighted by Gasteiger charge is 1.87. The average Bonchev–Trinajstić information content (AvgIpc) is 2.04. The second kappa shape index (κ2) is 8.94.